The van der Waals surface area contributed by atoms with Crippen LogP contribution in [0.5, 0.6) is 0 Å². The van der Waals surface area contributed by atoms with Gasteiger partial charge in [0.05, 0.1) is 0 Å². The van der Waals surface area contributed by atoms with Crippen molar-refractivity contribution < 1.29 is 0 Å². The van der Waals surface area contributed by atoms with Crippen LogP contribution in [-0.2, 0) is 0 Å². The zero-order chi connectivity index (χ0) is 6.62. The minimum atomic E-state index is -1.20. The van der Waals surface area contributed by atoms with E-state index in [9.17, 15) is 0 Å². The van der Waals surface area contributed by atoms with Gasteiger partial charge in [0.2, 0.25) is 0 Å². The van der Waals surface area contributed by atoms with E-state index in [0.29, 0.717) is 0 Å². The summed E-state index contributed by atoms with van der Waals surface area (Å²) in [5.74, 6) is 0. The summed E-state index contributed by atoms with van der Waals surface area (Å²) in [5, 5.41) is 0. The fourth-order valence-corrected chi connectivity index (χ4v) is 2.25. The van der Waals surface area contributed by atoms with E-state index in [-0.39, 0.29) is 0 Å². The van der Waals surface area contributed by atoms with Crippen molar-refractivity contribution in [3.05, 3.63) is 0 Å². The number of hydrogen-bond donors (Lipinski definition) is 0. The molecular weight excluding hydrogens is 138 g/mol. The fraction of sp³-hybridized carbons (Fsp3) is 1.00. The summed E-state index contributed by atoms with van der Waals surface area (Å²) in [5.41, 5.74) is 0. The Morgan fingerprint density at radius 2 is 1.25 bits per heavy atom. The summed E-state index contributed by atoms with van der Waals surface area (Å²) in [4.78, 5) is 0. The Morgan fingerprint density at radius 1 is 1.00 bits per heavy atom. The molecule has 0 atom stereocenters. The fourth-order valence-electron chi connectivity index (χ4n) is 0.750. The molecule has 0 radical (unpaired) electrons. The van der Waals surface area contributed by atoms with Gasteiger partial charge in [-0.1, -0.05) is 0 Å². The SMILES string of the molecule is CC[PH](Cl)(CC)CC. The summed E-state index contributed by atoms with van der Waals surface area (Å²) in [6, 6.07) is 0. The molecule has 0 rings (SSSR count). The molecule has 0 fully saturated rings. The summed E-state index contributed by atoms with van der Waals surface area (Å²) in [7, 11) is 0. The van der Waals surface area contributed by atoms with E-state index in [0.717, 1.165) is 0 Å². The van der Waals surface area contributed by atoms with Crippen LogP contribution in [0.3, 0.4) is 0 Å². The summed E-state index contributed by atoms with van der Waals surface area (Å²) >= 11 is 6.23. The topological polar surface area (TPSA) is 0 Å². The second-order valence-electron chi connectivity index (χ2n) is 2.21. The van der Waals surface area contributed by atoms with Crippen LogP contribution in [0, 0.1) is 0 Å². The molecule has 0 N–H and O–H groups in total. The first-order valence-corrected chi connectivity index (χ1v) is 7.00. The van der Waals surface area contributed by atoms with Crippen LogP contribution in [0.2, 0.25) is 0 Å². The van der Waals surface area contributed by atoms with Gasteiger partial charge in [-0.25, -0.2) is 0 Å². The van der Waals surface area contributed by atoms with E-state index in [1.54, 1.807) is 0 Å². The molecule has 0 aliphatic heterocycles. The summed E-state index contributed by atoms with van der Waals surface area (Å²) in [6.45, 7) is 5.40. The monoisotopic (exact) mass is 154 g/mol. The van der Waals surface area contributed by atoms with Crippen molar-refractivity contribution in [1.82, 2.24) is 0 Å². The van der Waals surface area contributed by atoms with E-state index < -0.39 is 6.62 Å². The normalized spacial score (nSPS) is 14.0. The minimum absolute atomic E-state index is 1.20. The predicted octanol–water partition coefficient (Wildman–Crippen LogP) is 2.95. The molecule has 0 amide bonds. The molecular formula is C6H16ClP. The maximum atomic E-state index is 6.23. The van der Waals surface area contributed by atoms with Crippen LogP contribution in [-0.4, -0.2) is 18.5 Å². The molecule has 52 valence electrons. The first-order valence-electron chi connectivity index (χ1n) is 3.37. The maximum absolute atomic E-state index is 6.23. The van der Waals surface area contributed by atoms with E-state index in [2.05, 4.69) is 20.8 Å². The molecule has 0 spiro atoms. The van der Waals surface area contributed by atoms with Gasteiger partial charge in [-0.2, -0.15) is 0 Å². The Labute approximate surface area is 57.7 Å². The third kappa shape index (κ3) is 2.33. The van der Waals surface area contributed by atoms with Crippen LogP contribution in [0.4, 0.5) is 0 Å². The Hall–Kier alpha value is 0.720. The molecule has 0 aromatic heterocycles. The molecule has 0 aromatic rings. The first kappa shape index (κ1) is 8.72. The average molecular weight is 155 g/mol. The predicted molar refractivity (Wildman–Crippen MR) is 45.8 cm³/mol. The van der Waals surface area contributed by atoms with E-state index in [4.69, 9.17) is 11.2 Å². The van der Waals surface area contributed by atoms with Gasteiger partial charge < -0.3 is 0 Å². The second-order valence-corrected chi connectivity index (χ2v) is 9.04. The van der Waals surface area contributed by atoms with Gasteiger partial charge in [0.25, 0.3) is 0 Å². The zero-order valence-corrected chi connectivity index (χ0v) is 7.76. The quantitative estimate of drug-likeness (QED) is 0.549. The molecule has 0 aromatic carbocycles. The van der Waals surface area contributed by atoms with Crippen LogP contribution in [0.15, 0.2) is 0 Å². The van der Waals surface area contributed by atoms with Gasteiger partial charge >= 0.3 is 57.1 Å². The molecule has 0 saturated carbocycles. The van der Waals surface area contributed by atoms with Crippen molar-refractivity contribution in [2.75, 3.05) is 18.5 Å². The van der Waals surface area contributed by atoms with Crippen LogP contribution in [0.1, 0.15) is 20.8 Å². The molecule has 0 bridgehead atoms. The van der Waals surface area contributed by atoms with Crippen molar-refractivity contribution >= 4 is 17.9 Å². The van der Waals surface area contributed by atoms with Crippen molar-refractivity contribution in [2.24, 2.45) is 0 Å². The van der Waals surface area contributed by atoms with Crippen molar-refractivity contribution in [2.45, 2.75) is 20.8 Å². The third-order valence-electron chi connectivity index (χ3n) is 1.90. The zero-order valence-electron chi connectivity index (χ0n) is 6.00. The second kappa shape index (κ2) is 3.69. The molecule has 0 heterocycles. The average Bonchev–Trinajstić information content (AvgIpc) is 1.87. The van der Waals surface area contributed by atoms with Crippen LogP contribution < -0.4 is 0 Å². The number of rotatable bonds is 3. The van der Waals surface area contributed by atoms with E-state index in [1.807, 2.05) is 0 Å². The molecule has 0 saturated heterocycles. The molecule has 2 heteroatoms. The van der Waals surface area contributed by atoms with E-state index in [1.165, 1.54) is 18.5 Å². The van der Waals surface area contributed by atoms with Crippen LogP contribution in [0.25, 0.3) is 0 Å². The van der Waals surface area contributed by atoms with Crippen molar-refractivity contribution in [3.8, 4) is 0 Å². The van der Waals surface area contributed by atoms with Gasteiger partial charge in [-0.3, -0.25) is 0 Å². The Bertz CT molecular complexity index is 51.3. The first-order chi connectivity index (χ1) is 3.68. The molecule has 8 heavy (non-hydrogen) atoms. The number of halogens is 1. The van der Waals surface area contributed by atoms with Crippen LogP contribution >= 0.6 is 17.9 Å². The van der Waals surface area contributed by atoms with Gasteiger partial charge in [-0.05, 0) is 0 Å². The van der Waals surface area contributed by atoms with Gasteiger partial charge in [-0.15, -0.1) is 0 Å². The Morgan fingerprint density at radius 3 is 1.25 bits per heavy atom. The van der Waals surface area contributed by atoms with E-state index >= 15 is 0 Å². The van der Waals surface area contributed by atoms with Crippen molar-refractivity contribution in [3.63, 3.8) is 0 Å². The Kier molecular flexibility index (Phi) is 4.02. The van der Waals surface area contributed by atoms with Crippen molar-refractivity contribution in [1.29, 1.82) is 0 Å². The number of hydrogen-bond acceptors (Lipinski definition) is 0. The summed E-state index contributed by atoms with van der Waals surface area (Å²) in [6.07, 6.45) is 3.67. The van der Waals surface area contributed by atoms with Gasteiger partial charge in [0.1, 0.15) is 0 Å². The Balaban J connectivity index is 3.58. The van der Waals surface area contributed by atoms with Gasteiger partial charge in [0.15, 0.2) is 0 Å². The summed E-state index contributed by atoms with van der Waals surface area (Å²) < 4.78 is 0. The molecule has 0 unspecified atom stereocenters. The standard InChI is InChI=1S/C6H16ClP/c1-4-8(7,5-2)6-3/h8H,4-6H2,1-3H3. The van der Waals surface area contributed by atoms with Gasteiger partial charge in [0, 0.05) is 0 Å². The third-order valence-corrected chi connectivity index (χ3v) is 8.11. The molecule has 0 aliphatic rings. The molecule has 0 aliphatic carbocycles. The molecule has 0 nitrogen and oxygen atoms in total.